The molecule has 1 amide bonds. The van der Waals surface area contributed by atoms with Crippen molar-refractivity contribution in [3.05, 3.63) is 90.9 Å². The number of para-hydroxylation sites is 2. The van der Waals surface area contributed by atoms with Gasteiger partial charge in [-0.3, -0.25) is 4.79 Å². The topological polar surface area (TPSA) is 68.2 Å². The van der Waals surface area contributed by atoms with Crippen molar-refractivity contribution >= 4 is 32.3 Å². The van der Waals surface area contributed by atoms with Gasteiger partial charge in [0.25, 0.3) is 0 Å². The molecule has 0 aliphatic carbocycles. The minimum absolute atomic E-state index is 0.00413. The fraction of sp³-hybridized carbons (Fsp3) is 0.0455. The second-order valence-corrected chi connectivity index (χ2v) is 8.43. The summed E-state index contributed by atoms with van der Waals surface area (Å²) in [7, 11) is -3.88. The number of carbonyl (C=O) groups is 1. The van der Waals surface area contributed by atoms with E-state index in [0.29, 0.717) is 16.6 Å². The van der Waals surface area contributed by atoms with Crippen LogP contribution in [0.4, 0.5) is 10.1 Å². The summed E-state index contributed by atoms with van der Waals surface area (Å²) in [5.74, 6) is -0.786. The number of hydrogen-bond donors (Lipinski definition) is 1. The molecule has 0 unspecified atom stereocenters. The smallest absolute Gasteiger partial charge is 0.244 e. The maximum Gasteiger partial charge on any atom is 0.244 e. The van der Waals surface area contributed by atoms with E-state index in [9.17, 15) is 17.6 Å². The minimum atomic E-state index is -3.88. The summed E-state index contributed by atoms with van der Waals surface area (Å²) in [4.78, 5) is 12.5. The lowest BCUT2D eigenvalue weighted by Gasteiger charge is -2.07. The molecule has 4 rings (SSSR count). The summed E-state index contributed by atoms with van der Waals surface area (Å²) in [6.45, 7) is -0.0473. The summed E-state index contributed by atoms with van der Waals surface area (Å²) in [6, 6.07) is 20.7. The zero-order valence-electron chi connectivity index (χ0n) is 15.2. The summed E-state index contributed by atoms with van der Waals surface area (Å²) < 4.78 is 41.0. The Morgan fingerprint density at radius 2 is 1.55 bits per heavy atom. The first-order chi connectivity index (χ1) is 13.9. The molecule has 3 aromatic carbocycles. The molecule has 1 heterocycles. The second-order valence-electron chi connectivity index (χ2n) is 6.51. The number of fused-ring (bicyclic) bond motifs is 1. The first-order valence-electron chi connectivity index (χ1n) is 8.88. The van der Waals surface area contributed by atoms with Crippen LogP contribution in [0.15, 0.2) is 94.9 Å². The van der Waals surface area contributed by atoms with Gasteiger partial charge < -0.3 is 9.88 Å². The lowest BCUT2D eigenvalue weighted by Crippen LogP contribution is -2.18. The van der Waals surface area contributed by atoms with Gasteiger partial charge >= 0.3 is 0 Å². The van der Waals surface area contributed by atoms with Gasteiger partial charge in [0.2, 0.25) is 15.7 Å². The van der Waals surface area contributed by atoms with E-state index in [0.717, 1.165) is 12.1 Å². The molecule has 146 valence electrons. The van der Waals surface area contributed by atoms with Crippen LogP contribution in [0.2, 0.25) is 0 Å². The lowest BCUT2D eigenvalue weighted by atomic mass is 10.2. The molecule has 0 spiro atoms. The first-order valence-corrected chi connectivity index (χ1v) is 10.4. The minimum Gasteiger partial charge on any atom is -0.337 e. The molecule has 0 radical (unpaired) electrons. The van der Waals surface area contributed by atoms with Gasteiger partial charge in [-0.1, -0.05) is 36.4 Å². The average Bonchev–Trinajstić information content (AvgIpc) is 3.08. The number of carbonyl (C=O) groups excluding carboxylic acids is 1. The van der Waals surface area contributed by atoms with Crippen molar-refractivity contribution in [2.45, 2.75) is 16.3 Å². The van der Waals surface area contributed by atoms with E-state index in [-0.39, 0.29) is 22.2 Å². The predicted octanol–water partition coefficient (Wildman–Crippen LogP) is 4.25. The normalized spacial score (nSPS) is 11.5. The number of nitrogens with zero attached hydrogens (tertiary/aromatic N) is 1. The molecule has 5 nitrogen and oxygen atoms in total. The molecule has 0 fully saturated rings. The van der Waals surface area contributed by atoms with E-state index in [1.165, 1.54) is 18.3 Å². The number of nitrogens with one attached hydrogen (secondary N) is 1. The number of rotatable bonds is 5. The van der Waals surface area contributed by atoms with Gasteiger partial charge in [-0.05, 0) is 42.5 Å². The Labute approximate surface area is 167 Å². The number of hydrogen-bond acceptors (Lipinski definition) is 3. The second kappa shape index (κ2) is 7.52. The molecule has 0 aliphatic rings. The van der Waals surface area contributed by atoms with Crippen LogP contribution >= 0.6 is 0 Å². The maximum absolute atomic E-state index is 13.2. The molecule has 1 N–H and O–H groups in total. The average molecular weight is 408 g/mol. The molecular weight excluding hydrogens is 391 g/mol. The maximum atomic E-state index is 13.2. The zero-order valence-corrected chi connectivity index (χ0v) is 16.1. The summed E-state index contributed by atoms with van der Waals surface area (Å²) in [5, 5.41) is 3.29. The fourth-order valence-corrected chi connectivity index (χ4v) is 4.65. The van der Waals surface area contributed by atoms with Crippen molar-refractivity contribution in [1.82, 2.24) is 4.57 Å². The third kappa shape index (κ3) is 3.77. The Morgan fingerprint density at radius 1 is 0.897 bits per heavy atom. The van der Waals surface area contributed by atoms with Crippen LogP contribution in [-0.4, -0.2) is 18.9 Å². The van der Waals surface area contributed by atoms with Crippen LogP contribution in [0.25, 0.3) is 10.9 Å². The van der Waals surface area contributed by atoms with Crippen LogP contribution in [0, 0.1) is 5.82 Å². The van der Waals surface area contributed by atoms with Crippen LogP contribution in [0.5, 0.6) is 0 Å². The summed E-state index contributed by atoms with van der Waals surface area (Å²) in [6.07, 6.45) is 1.45. The molecule has 4 aromatic rings. The van der Waals surface area contributed by atoms with E-state index in [2.05, 4.69) is 5.32 Å². The van der Waals surface area contributed by atoms with E-state index in [1.807, 2.05) is 18.2 Å². The summed E-state index contributed by atoms with van der Waals surface area (Å²) >= 11 is 0. The third-order valence-corrected chi connectivity index (χ3v) is 6.33. The highest BCUT2D eigenvalue weighted by Crippen LogP contribution is 2.30. The van der Waals surface area contributed by atoms with Crippen molar-refractivity contribution in [3.8, 4) is 0 Å². The fourth-order valence-electron chi connectivity index (χ4n) is 3.18. The molecule has 0 aliphatic heterocycles. The van der Waals surface area contributed by atoms with Gasteiger partial charge in [0.15, 0.2) is 0 Å². The SMILES string of the molecule is O=C(Cn1cc(S(=O)(=O)c2ccc(F)cc2)c2ccccc21)Nc1ccccc1. The van der Waals surface area contributed by atoms with Crippen LogP contribution in [0.3, 0.4) is 0 Å². The van der Waals surface area contributed by atoms with Gasteiger partial charge in [0.05, 0.1) is 9.79 Å². The lowest BCUT2D eigenvalue weighted by molar-refractivity contribution is -0.116. The number of amides is 1. The zero-order chi connectivity index (χ0) is 20.4. The third-order valence-electron chi connectivity index (χ3n) is 4.54. The monoisotopic (exact) mass is 408 g/mol. The van der Waals surface area contributed by atoms with Crippen molar-refractivity contribution < 1.29 is 17.6 Å². The Morgan fingerprint density at radius 3 is 2.28 bits per heavy atom. The van der Waals surface area contributed by atoms with Gasteiger partial charge in [0.1, 0.15) is 12.4 Å². The van der Waals surface area contributed by atoms with Gasteiger partial charge in [-0.25, -0.2) is 12.8 Å². The number of halogens is 1. The molecule has 0 saturated carbocycles. The quantitative estimate of drug-likeness (QED) is 0.502. The Kier molecular flexibility index (Phi) is 4.90. The Hall–Kier alpha value is -3.45. The largest absolute Gasteiger partial charge is 0.337 e. The van der Waals surface area contributed by atoms with E-state index < -0.39 is 15.7 Å². The highest BCUT2D eigenvalue weighted by molar-refractivity contribution is 7.91. The first kappa shape index (κ1) is 18.9. The molecule has 0 saturated heterocycles. The highest BCUT2D eigenvalue weighted by atomic mass is 32.2. The van der Waals surface area contributed by atoms with Gasteiger partial charge in [0, 0.05) is 22.8 Å². The van der Waals surface area contributed by atoms with Gasteiger partial charge in [-0.2, -0.15) is 0 Å². The standard InChI is InChI=1S/C22H17FN2O3S/c23-16-10-12-18(13-11-16)29(27,28)21-14-25(20-9-5-4-8-19(20)21)15-22(26)24-17-6-2-1-3-7-17/h1-14H,15H2,(H,24,26). The van der Waals surface area contributed by atoms with Crippen LogP contribution in [0.1, 0.15) is 0 Å². The summed E-state index contributed by atoms with van der Waals surface area (Å²) in [5.41, 5.74) is 1.28. The molecule has 0 atom stereocenters. The van der Waals surface area contributed by atoms with E-state index >= 15 is 0 Å². The predicted molar refractivity (Wildman–Crippen MR) is 109 cm³/mol. The molecule has 7 heteroatoms. The number of benzene rings is 3. The molecule has 29 heavy (non-hydrogen) atoms. The highest BCUT2D eigenvalue weighted by Gasteiger charge is 2.24. The number of sulfone groups is 1. The molecule has 0 bridgehead atoms. The molecule has 1 aromatic heterocycles. The van der Waals surface area contributed by atoms with Crippen LogP contribution in [-0.2, 0) is 21.2 Å². The van der Waals surface area contributed by atoms with Crippen molar-refractivity contribution in [3.63, 3.8) is 0 Å². The Bertz CT molecular complexity index is 1280. The van der Waals surface area contributed by atoms with E-state index in [1.54, 1.807) is 41.0 Å². The molecular formula is C22H17FN2O3S. The van der Waals surface area contributed by atoms with E-state index in [4.69, 9.17) is 0 Å². The van der Waals surface area contributed by atoms with Crippen LogP contribution < -0.4 is 5.32 Å². The number of aromatic nitrogens is 1. The van der Waals surface area contributed by atoms with Crippen molar-refractivity contribution in [2.24, 2.45) is 0 Å². The van der Waals surface area contributed by atoms with Gasteiger partial charge in [-0.15, -0.1) is 0 Å². The Balaban J connectivity index is 1.72. The number of anilines is 1. The van der Waals surface area contributed by atoms with Crippen molar-refractivity contribution in [1.29, 1.82) is 0 Å². The van der Waals surface area contributed by atoms with Crippen molar-refractivity contribution in [2.75, 3.05) is 5.32 Å².